The van der Waals surface area contributed by atoms with E-state index < -0.39 is 16.1 Å². The van der Waals surface area contributed by atoms with E-state index in [0.717, 1.165) is 24.0 Å². The highest BCUT2D eigenvalue weighted by Gasteiger charge is 2.28. The maximum Gasteiger partial charge on any atom is 0.328 e. The fourth-order valence-electron chi connectivity index (χ4n) is 4.39. The Morgan fingerprint density at radius 1 is 1.05 bits per heavy atom. The van der Waals surface area contributed by atoms with E-state index >= 15 is 0 Å². The van der Waals surface area contributed by atoms with E-state index in [2.05, 4.69) is 15.6 Å². The Morgan fingerprint density at radius 3 is 2.39 bits per heavy atom. The van der Waals surface area contributed by atoms with Crippen LogP contribution in [0.2, 0.25) is 0 Å². The van der Waals surface area contributed by atoms with Crippen LogP contribution in [0, 0.1) is 5.82 Å². The molecule has 1 fully saturated rings. The number of anilines is 1. The van der Waals surface area contributed by atoms with Crippen LogP contribution in [0.5, 0.6) is 0 Å². The first kappa shape index (κ1) is 27.1. The van der Waals surface area contributed by atoms with Crippen molar-refractivity contribution in [3.05, 3.63) is 89.4 Å². The van der Waals surface area contributed by atoms with E-state index in [9.17, 15) is 22.4 Å². The summed E-state index contributed by atoms with van der Waals surface area (Å²) in [5.41, 5.74) is 2.51. The number of hydrogen-bond donors (Lipinski definition) is 3. The lowest BCUT2D eigenvalue weighted by atomic mass is 9.89. The molecule has 1 aromatic heterocycles. The smallest absolute Gasteiger partial charge is 0.328 e. The predicted molar refractivity (Wildman–Crippen MR) is 142 cm³/mol. The Hall–Kier alpha value is -3.99. The Labute approximate surface area is 221 Å². The summed E-state index contributed by atoms with van der Waals surface area (Å²) < 4.78 is 40.7. The number of amides is 3. The fourth-order valence-corrected chi connectivity index (χ4v) is 5.27. The van der Waals surface area contributed by atoms with E-state index in [1.54, 1.807) is 24.0 Å². The molecule has 9 nitrogen and oxygen atoms in total. The second kappa shape index (κ2) is 12.0. The number of pyridine rings is 1. The number of likely N-dealkylation sites (tertiary alicyclic amines) is 1. The molecule has 200 valence electrons. The lowest BCUT2D eigenvalue weighted by Gasteiger charge is -2.32. The molecular weight excluding hydrogens is 509 g/mol. The van der Waals surface area contributed by atoms with Crippen molar-refractivity contribution >= 4 is 27.6 Å². The Kier molecular flexibility index (Phi) is 8.57. The molecule has 0 spiro atoms. The number of sulfonamides is 1. The molecule has 3 amide bonds. The van der Waals surface area contributed by atoms with E-state index in [4.69, 9.17) is 0 Å². The van der Waals surface area contributed by atoms with Crippen molar-refractivity contribution in [2.75, 3.05) is 25.0 Å². The summed E-state index contributed by atoms with van der Waals surface area (Å²) in [7, 11) is -4.26. The van der Waals surface area contributed by atoms with Crippen LogP contribution in [0.3, 0.4) is 0 Å². The van der Waals surface area contributed by atoms with E-state index in [1.807, 2.05) is 35.1 Å². The lowest BCUT2D eigenvalue weighted by molar-refractivity contribution is 0.0713. The number of benzene rings is 2. The average Bonchev–Trinajstić information content (AvgIpc) is 2.92. The number of carbonyl (C=O) groups excluding carboxylic acids is 2. The zero-order valence-electron chi connectivity index (χ0n) is 21.0. The molecule has 0 radical (unpaired) electrons. The van der Waals surface area contributed by atoms with Crippen LogP contribution >= 0.6 is 0 Å². The number of rotatable bonds is 8. The van der Waals surface area contributed by atoms with E-state index in [1.165, 1.54) is 24.4 Å². The summed E-state index contributed by atoms with van der Waals surface area (Å²) in [4.78, 5) is 31.1. The Morgan fingerprint density at radius 2 is 1.74 bits per heavy atom. The second-order valence-electron chi connectivity index (χ2n) is 8.99. The Balaban J connectivity index is 1.54. The predicted octanol–water partition coefficient (Wildman–Crippen LogP) is 3.86. The normalized spacial score (nSPS) is 14.1. The molecule has 0 saturated carbocycles. The molecule has 3 N–H and O–H groups in total. The van der Waals surface area contributed by atoms with Gasteiger partial charge in [0.15, 0.2) is 5.03 Å². The number of nitrogens with zero attached hydrogens (tertiary/aromatic N) is 2. The number of carbonyl (C=O) groups is 2. The molecule has 0 atom stereocenters. The van der Waals surface area contributed by atoms with Crippen molar-refractivity contribution in [2.45, 2.75) is 37.3 Å². The van der Waals surface area contributed by atoms with Gasteiger partial charge in [0, 0.05) is 38.4 Å². The maximum atomic E-state index is 13.5. The zero-order valence-corrected chi connectivity index (χ0v) is 21.8. The quantitative estimate of drug-likeness (QED) is 0.400. The van der Waals surface area contributed by atoms with Crippen molar-refractivity contribution in [1.82, 2.24) is 19.9 Å². The van der Waals surface area contributed by atoms with Crippen LogP contribution in [0.1, 0.15) is 47.2 Å². The standard InChI is InChI=1S/C27H30FN5O4S/c1-2-29-27(35)32-38(36,37)25-16-24(30-17-19-6-4-3-5-7-19)23(18-31-25)26(34)33-14-12-21(13-15-33)20-8-10-22(28)11-9-20/h3-11,16,18,21H,2,12-15,17H2,1H3,(H,30,31)(H2,29,32,35). The average molecular weight is 540 g/mol. The van der Waals surface area contributed by atoms with Crippen LogP contribution in [-0.4, -0.2) is 49.9 Å². The van der Waals surface area contributed by atoms with Crippen molar-refractivity contribution in [3.63, 3.8) is 0 Å². The third-order valence-corrected chi connectivity index (χ3v) is 7.63. The molecule has 2 heterocycles. The summed E-state index contributed by atoms with van der Waals surface area (Å²) >= 11 is 0. The van der Waals surface area contributed by atoms with Gasteiger partial charge in [0.1, 0.15) is 5.82 Å². The highest BCUT2D eigenvalue weighted by molar-refractivity contribution is 7.90. The molecule has 38 heavy (non-hydrogen) atoms. The van der Waals surface area contributed by atoms with E-state index in [-0.39, 0.29) is 34.8 Å². The van der Waals surface area contributed by atoms with Crippen LogP contribution < -0.4 is 15.4 Å². The zero-order chi connectivity index (χ0) is 27.1. The summed E-state index contributed by atoms with van der Waals surface area (Å²) in [6.45, 7) is 3.26. The molecule has 11 heteroatoms. The molecule has 0 aliphatic carbocycles. The molecule has 1 saturated heterocycles. The van der Waals surface area contributed by atoms with Gasteiger partial charge in [0.05, 0.1) is 11.3 Å². The monoisotopic (exact) mass is 539 g/mol. The molecule has 4 rings (SSSR count). The molecule has 0 bridgehead atoms. The minimum absolute atomic E-state index is 0.223. The summed E-state index contributed by atoms with van der Waals surface area (Å²) in [5.74, 6) is -0.330. The van der Waals surface area contributed by atoms with Gasteiger partial charge in [-0.3, -0.25) is 4.79 Å². The number of nitrogens with one attached hydrogen (secondary N) is 3. The minimum atomic E-state index is -4.26. The van der Waals surface area contributed by atoms with Gasteiger partial charge in [0.2, 0.25) is 0 Å². The summed E-state index contributed by atoms with van der Waals surface area (Å²) in [5, 5.41) is 5.15. The van der Waals surface area contributed by atoms with Gasteiger partial charge in [-0.05, 0) is 48.9 Å². The molecule has 0 unspecified atom stereocenters. The first-order valence-corrected chi connectivity index (χ1v) is 13.9. The van der Waals surface area contributed by atoms with Crippen LogP contribution in [0.4, 0.5) is 14.9 Å². The number of hydrogen-bond acceptors (Lipinski definition) is 6. The van der Waals surface area contributed by atoms with Gasteiger partial charge in [-0.1, -0.05) is 42.5 Å². The van der Waals surface area contributed by atoms with Gasteiger partial charge in [-0.15, -0.1) is 0 Å². The van der Waals surface area contributed by atoms with Crippen LogP contribution in [0.25, 0.3) is 0 Å². The van der Waals surface area contributed by atoms with Crippen LogP contribution in [0.15, 0.2) is 71.9 Å². The molecule has 3 aromatic rings. The molecule has 1 aliphatic rings. The Bertz CT molecular complexity index is 1380. The van der Waals surface area contributed by atoms with Crippen molar-refractivity contribution in [3.8, 4) is 0 Å². The summed E-state index contributed by atoms with van der Waals surface area (Å²) in [6, 6.07) is 16.3. The van der Waals surface area contributed by atoms with Crippen LogP contribution in [-0.2, 0) is 16.6 Å². The van der Waals surface area contributed by atoms with Crippen molar-refractivity contribution in [1.29, 1.82) is 0 Å². The third-order valence-electron chi connectivity index (χ3n) is 6.40. The van der Waals surface area contributed by atoms with Crippen molar-refractivity contribution in [2.24, 2.45) is 0 Å². The second-order valence-corrected chi connectivity index (χ2v) is 10.6. The molecule has 2 aromatic carbocycles. The molecular formula is C27H30FN5O4S. The first-order valence-electron chi connectivity index (χ1n) is 12.4. The highest BCUT2D eigenvalue weighted by Crippen LogP contribution is 2.30. The number of halogens is 1. The largest absolute Gasteiger partial charge is 0.380 e. The van der Waals surface area contributed by atoms with Gasteiger partial charge in [-0.25, -0.2) is 18.9 Å². The minimum Gasteiger partial charge on any atom is -0.380 e. The number of piperidine rings is 1. The van der Waals surface area contributed by atoms with Gasteiger partial charge >= 0.3 is 6.03 Å². The highest BCUT2D eigenvalue weighted by atomic mass is 32.2. The fraction of sp³-hybridized carbons (Fsp3) is 0.296. The van der Waals surface area contributed by atoms with Gasteiger partial charge in [-0.2, -0.15) is 8.42 Å². The molecule has 1 aliphatic heterocycles. The maximum absolute atomic E-state index is 13.5. The van der Waals surface area contributed by atoms with Gasteiger partial charge < -0.3 is 15.5 Å². The summed E-state index contributed by atoms with van der Waals surface area (Å²) in [6.07, 6.45) is 2.68. The van der Waals surface area contributed by atoms with Crippen molar-refractivity contribution < 1.29 is 22.4 Å². The number of urea groups is 1. The third kappa shape index (κ3) is 6.65. The SMILES string of the molecule is CCNC(=O)NS(=O)(=O)c1cc(NCc2ccccc2)c(C(=O)N2CCC(c3ccc(F)cc3)CC2)cn1. The lowest BCUT2D eigenvalue weighted by Crippen LogP contribution is -2.40. The van der Waals surface area contributed by atoms with Gasteiger partial charge in [0.25, 0.3) is 15.9 Å². The number of aromatic nitrogens is 1. The first-order chi connectivity index (χ1) is 18.3. The topological polar surface area (TPSA) is 120 Å². The van der Waals surface area contributed by atoms with E-state index in [0.29, 0.717) is 25.3 Å².